The van der Waals surface area contributed by atoms with Crippen LogP contribution in [0.3, 0.4) is 0 Å². The van der Waals surface area contributed by atoms with Crippen LogP contribution < -0.4 is 0 Å². The van der Waals surface area contributed by atoms with E-state index in [1.165, 1.54) is 0 Å². The van der Waals surface area contributed by atoms with Gasteiger partial charge in [0.2, 0.25) is 0 Å². The van der Waals surface area contributed by atoms with Gasteiger partial charge in [-0.2, -0.15) is 0 Å². The predicted octanol–water partition coefficient (Wildman–Crippen LogP) is 1.20. The maximum Gasteiger partial charge on any atom is 0.109 e. The van der Waals surface area contributed by atoms with Crippen LogP contribution in [-0.2, 0) is 9.47 Å². The van der Waals surface area contributed by atoms with Crippen molar-refractivity contribution in [3.63, 3.8) is 0 Å². The highest BCUT2D eigenvalue weighted by molar-refractivity contribution is 4.91. The summed E-state index contributed by atoms with van der Waals surface area (Å²) in [5.41, 5.74) is 0. The van der Waals surface area contributed by atoms with Crippen LogP contribution in [0.1, 0.15) is 27.2 Å². The van der Waals surface area contributed by atoms with Crippen molar-refractivity contribution in [2.75, 3.05) is 6.61 Å². The highest BCUT2D eigenvalue weighted by Crippen LogP contribution is 2.34. The van der Waals surface area contributed by atoms with E-state index in [0.717, 1.165) is 6.42 Å². The van der Waals surface area contributed by atoms with Gasteiger partial charge in [-0.1, -0.05) is 20.8 Å². The fourth-order valence-corrected chi connectivity index (χ4v) is 2.42. The minimum absolute atomic E-state index is 0.00935. The Bertz CT molecular complexity index is 201. The van der Waals surface area contributed by atoms with E-state index in [2.05, 4.69) is 20.8 Å². The number of aliphatic hydroxyl groups excluding tert-OH is 1. The number of epoxide rings is 1. The summed E-state index contributed by atoms with van der Waals surface area (Å²) in [4.78, 5) is 0. The molecular formula is C11H20O3. The van der Waals surface area contributed by atoms with Crippen molar-refractivity contribution in [2.24, 2.45) is 11.8 Å². The maximum atomic E-state index is 9.86. The van der Waals surface area contributed by atoms with Crippen molar-refractivity contribution in [3.05, 3.63) is 0 Å². The molecule has 1 N–H and O–H groups in total. The van der Waals surface area contributed by atoms with Crippen LogP contribution in [0, 0.1) is 11.8 Å². The van der Waals surface area contributed by atoms with Crippen molar-refractivity contribution >= 4 is 0 Å². The van der Waals surface area contributed by atoms with Crippen LogP contribution in [0.5, 0.6) is 0 Å². The van der Waals surface area contributed by atoms with Gasteiger partial charge in [0.1, 0.15) is 12.2 Å². The van der Waals surface area contributed by atoms with Gasteiger partial charge in [0, 0.05) is 0 Å². The second kappa shape index (κ2) is 3.80. The van der Waals surface area contributed by atoms with Gasteiger partial charge in [-0.3, -0.25) is 0 Å². The molecule has 3 unspecified atom stereocenters. The molecule has 0 amide bonds. The summed E-state index contributed by atoms with van der Waals surface area (Å²) in [6.45, 7) is 7.24. The zero-order chi connectivity index (χ0) is 10.3. The normalized spacial score (nSPS) is 44.4. The molecule has 14 heavy (non-hydrogen) atoms. The molecule has 3 heteroatoms. The smallest absolute Gasteiger partial charge is 0.109 e. The van der Waals surface area contributed by atoms with Gasteiger partial charge in [0.05, 0.1) is 18.8 Å². The van der Waals surface area contributed by atoms with E-state index < -0.39 is 6.10 Å². The van der Waals surface area contributed by atoms with Gasteiger partial charge in [0.15, 0.2) is 0 Å². The van der Waals surface area contributed by atoms with Gasteiger partial charge in [0.25, 0.3) is 0 Å². The second-order valence-corrected chi connectivity index (χ2v) is 4.96. The molecule has 2 saturated heterocycles. The van der Waals surface area contributed by atoms with Crippen LogP contribution in [0.15, 0.2) is 0 Å². The monoisotopic (exact) mass is 200 g/mol. The molecule has 3 nitrogen and oxygen atoms in total. The topological polar surface area (TPSA) is 42.0 Å². The number of hydrogen-bond donors (Lipinski definition) is 1. The maximum absolute atomic E-state index is 9.86. The number of rotatable bonds is 3. The van der Waals surface area contributed by atoms with Gasteiger partial charge in [-0.05, 0) is 18.3 Å². The van der Waals surface area contributed by atoms with Crippen molar-refractivity contribution in [2.45, 2.75) is 51.6 Å². The molecule has 0 saturated carbocycles. The third-order valence-corrected chi connectivity index (χ3v) is 3.27. The Balaban J connectivity index is 1.91. The molecular weight excluding hydrogens is 180 g/mol. The third kappa shape index (κ3) is 1.95. The molecule has 0 radical (unpaired) electrons. The lowest BCUT2D eigenvalue weighted by Crippen LogP contribution is -2.32. The zero-order valence-corrected chi connectivity index (χ0v) is 9.14. The molecule has 2 fully saturated rings. The molecule has 2 rings (SSSR count). The Hall–Kier alpha value is -0.120. The summed E-state index contributed by atoms with van der Waals surface area (Å²) in [7, 11) is 0. The summed E-state index contributed by atoms with van der Waals surface area (Å²) in [5, 5.41) is 9.86. The summed E-state index contributed by atoms with van der Waals surface area (Å²) >= 11 is 0. The Morgan fingerprint density at radius 3 is 2.36 bits per heavy atom. The minimum atomic E-state index is -0.416. The molecule has 2 heterocycles. The van der Waals surface area contributed by atoms with Gasteiger partial charge in [-0.25, -0.2) is 0 Å². The molecule has 5 atom stereocenters. The number of hydrogen-bond acceptors (Lipinski definition) is 3. The van der Waals surface area contributed by atoms with Gasteiger partial charge in [-0.15, -0.1) is 0 Å². The Kier molecular flexibility index (Phi) is 2.82. The van der Waals surface area contributed by atoms with Crippen molar-refractivity contribution < 1.29 is 14.6 Å². The van der Waals surface area contributed by atoms with Crippen LogP contribution in [-0.4, -0.2) is 36.1 Å². The molecule has 2 aliphatic heterocycles. The van der Waals surface area contributed by atoms with E-state index >= 15 is 0 Å². The lowest BCUT2D eigenvalue weighted by molar-refractivity contribution is -0.0588. The van der Waals surface area contributed by atoms with Crippen molar-refractivity contribution in [1.29, 1.82) is 0 Å². The van der Waals surface area contributed by atoms with Crippen molar-refractivity contribution in [3.8, 4) is 0 Å². The SMILES string of the molecule is CC(C)[C@@H]1OC(C(O)C2CO2)C[C@H]1C. The number of ether oxygens (including phenoxy) is 2. The molecule has 2 aliphatic rings. The first kappa shape index (κ1) is 10.4. The predicted molar refractivity (Wildman–Crippen MR) is 53.0 cm³/mol. The standard InChI is InChI=1S/C11H20O3/c1-6(2)11-7(3)4-8(14-11)10(12)9-5-13-9/h6-12H,4-5H2,1-3H3/t7-,8?,9?,10?,11+/m1/s1. The summed E-state index contributed by atoms with van der Waals surface area (Å²) < 4.78 is 11.0. The van der Waals surface area contributed by atoms with E-state index in [0.29, 0.717) is 24.5 Å². The van der Waals surface area contributed by atoms with E-state index in [1.54, 1.807) is 0 Å². The first-order valence-electron chi connectivity index (χ1n) is 5.54. The molecule has 0 spiro atoms. The lowest BCUT2D eigenvalue weighted by atomic mass is 9.93. The first-order chi connectivity index (χ1) is 6.59. The average molecular weight is 200 g/mol. The minimum Gasteiger partial charge on any atom is -0.388 e. The van der Waals surface area contributed by atoms with E-state index in [4.69, 9.17) is 9.47 Å². The Morgan fingerprint density at radius 2 is 1.93 bits per heavy atom. The fourth-order valence-electron chi connectivity index (χ4n) is 2.42. The first-order valence-corrected chi connectivity index (χ1v) is 5.54. The molecule has 0 aliphatic carbocycles. The molecule has 0 bridgehead atoms. The largest absolute Gasteiger partial charge is 0.388 e. The quantitative estimate of drug-likeness (QED) is 0.696. The molecule has 0 aromatic rings. The molecule has 0 aromatic carbocycles. The fraction of sp³-hybridized carbons (Fsp3) is 1.00. The van der Waals surface area contributed by atoms with Crippen molar-refractivity contribution in [1.82, 2.24) is 0 Å². The summed E-state index contributed by atoms with van der Waals surface area (Å²) in [5.74, 6) is 1.08. The van der Waals surface area contributed by atoms with Gasteiger partial charge >= 0.3 is 0 Å². The van der Waals surface area contributed by atoms with Gasteiger partial charge < -0.3 is 14.6 Å². The average Bonchev–Trinajstić information content (AvgIpc) is 2.88. The van der Waals surface area contributed by atoms with E-state index in [-0.39, 0.29) is 12.2 Å². The lowest BCUT2D eigenvalue weighted by Gasteiger charge is -2.20. The highest BCUT2D eigenvalue weighted by Gasteiger charge is 2.44. The Labute approximate surface area is 85.4 Å². The van der Waals surface area contributed by atoms with Crippen LogP contribution in [0.2, 0.25) is 0 Å². The van der Waals surface area contributed by atoms with Crippen LogP contribution in [0.25, 0.3) is 0 Å². The Morgan fingerprint density at radius 1 is 1.29 bits per heavy atom. The van der Waals surface area contributed by atoms with E-state index in [1.807, 2.05) is 0 Å². The third-order valence-electron chi connectivity index (χ3n) is 3.27. The highest BCUT2D eigenvalue weighted by atomic mass is 16.6. The van der Waals surface area contributed by atoms with E-state index in [9.17, 15) is 5.11 Å². The summed E-state index contributed by atoms with van der Waals surface area (Å²) in [6, 6.07) is 0. The van der Waals surface area contributed by atoms with Crippen LogP contribution >= 0.6 is 0 Å². The molecule has 82 valence electrons. The summed E-state index contributed by atoms with van der Waals surface area (Å²) in [6.07, 6.45) is 0.877. The number of aliphatic hydroxyl groups is 1. The molecule has 0 aromatic heterocycles. The van der Waals surface area contributed by atoms with Crippen LogP contribution in [0.4, 0.5) is 0 Å². The second-order valence-electron chi connectivity index (χ2n) is 4.96. The zero-order valence-electron chi connectivity index (χ0n) is 9.14.